The first-order valence-corrected chi connectivity index (χ1v) is 8.75. The summed E-state index contributed by atoms with van der Waals surface area (Å²) in [6.07, 6.45) is 1.79. The van der Waals surface area contributed by atoms with Gasteiger partial charge in [-0.1, -0.05) is 18.3 Å². The van der Waals surface area contributed by atoms with E-state index in [1.165, 1.54) is 6.07 Å². The topological polar surface area (TPSA) is 81.4 Å². The van der Waals surface area contributed by atoms with E-state index in [1.807, 2.05) is 6.92 Å². The SMILES string of the molecule is Cc1cc(C(N)=S)ccc1S(=O)(=O)NC(C)C1CCCO1. The van der Waals surface area contributed by atoms with E-state index in [2.05, 4.69) is 4.72 Å². The summed E-state index contributed by atoms with van der Waals surface area (Å²) >= 11 is 4.90. The van der Waals surface area contributed by atoms with Crippen molar-refractivity contribution < 1.29 is 13.2 Å². The van der Waals surface area contributed by atoms with Gasteiger partial charge in [-0.2, -0.15) is 0 Å². The Kier molecular flexibility index (Phi) is 4.98. The molecule has 3 N–H and O–H groups in total. The number of nitrogens with one attached hydrogen (secondary N) is 1. The van der Waals surface area contributed by atoms with Gasteiger partial charge in [0.15, 0.2) is 0 Å². The van der Waals surface area contributed by atoms with Crippen LogP contribution in [0.1, 0.15) is 30.9 Å². The van der Waals surface area contributed by atoms with E-state index < -0.39 is 10.0 Å². The monoisotopic (exact) mass is 328 g/mol. The lowest BCUT2D eigenvalue weighted by molar-refractivity contribution is 0.0902. The minimum atomic E-state index is -3.58. The third kappa shape index (κ3) is 3.79. The molecule has 1 aromatic carbocycles. The summed E-state index contributed by atoms with van der Waals surface area (Å²) in [5, 5.41) is 0. The number of hydrogen-bond donors (Lipinski definition) is 2. The molecule has 0 saturated carbocycles. The molecule has 0 spiro atoms. The van der Waals surface area contributed by atoms with Gasteiger partial charge in [0.2, 0.25) is 10.0 Å². The van der Waals surface area contributed by atoms with Gasteiger partial charge in [-0.25, -0.2) is 13.1 Å². The van der Waals surface area contributed by atoms with Gasteiger partial charge in [0, 0.05) is 18.2 Å². The average molecular weight is 328 g/mol. The average Bonchev–Trinajstić information content (AvgIpc) is 2.91. The first-order valence-electron chi connectivity index (χ1n) is 6.85. The number of rotatable bonds is 5. The molecule has 1 aliphatic rings. The third-order valence-electron chi connectivity index (χ3n) is 3.61. The van der Waals surface area contributed by atoms with Crippen molar-refractivity contribution >= 4 is 27.2 Å². The summed E-state index contributed by atoms with van der Waals surface area (Å²) in [5.74, 6) is 0. The van der Waals surface area contributed by atoms with Crippen LogP contribution in [0.15, 0.2) is 23.1 Å². The summed E-state index contributed by atoms with van der Waals surface area (Å²) in [7, 11) is -3.58. The third-order valence-corrected chi connectivity index (χ3v) is 5.57. The minimum Gasteiger partial charge on any atom is -0.389 e. The molecule has 7 heteroatoms. The van der Waals surface area contributed by atoms with Gasteiger partial charge < -0.3 is 10.5 Å². The summed E-state index contributed by atoms with van der Waals surface area (Å²) < 4.78 is 33.1. The Bertz CT molecular complexity index is 638. The van der Waals surface area contributed by atoms with Crippen molar-refractivity contribution in [3.05, 3.63) is 29.3 Å². The highest BCUT2D eigenvalue weighted by atomic mass is 32.2. The molecular formula is C14H20N2O3S2. The molecule has 2 rings (SSSR count). The highest BCUT2D eigenvalue weighted by Crippen LogP contribution is 2.20. The quantitative estimate of drug-likeness (QED) is 0.800. The maximum absolute atomic E-state index is 12.5. The van der Waals surface area contributed by atoms with E-state index in [-0.39, 0.29) is 22.0 Å². The fourth-order valence-electron chi connectivity index (χ4n) is 2.49. The Balaban J connectivity index is 2.21. The molecule has 1 saturated heterocycles. The predicted molar refractivity (Wildman–Crippen MR) is 85.8 cm³/mol. The lowest BCUT2D eigenvalue weighted by atomic mass is 10.1. The summed E-state index contributed by atoms with van der Waals surface area (Å²) in [6, 6.07) is 4.59. The number of hydrogen-bond acceptors (Lipinski definition) is 4. The minimum absolute atomic E-state index is 0.0593. The van der Waals surface area contributed by atoms with Crippen LogP contribution in [-0.4, -0.2) is 32.2 Å². The number of benzene rings is 1. The second-order valence-electron chi connectivity index (χ2n) is 5.31. The lowest BCUT2D eigenvalue weighted by Crippen LogP contribution is -2.41. The van der Waals surface area contributed by atoms with E-state index in [9.17, 15) is 8.42 Å². The zero-order valence-corrected chi connectivity index (χ0v) is 13.8. The Morgan fingerprint density at radius 3 is 2.76 bits per heavy atom. The molecular weight excluding hydrogens is 308 g/mol. The Morgan fingerprint density at radius 1 is 1.52 bits per heavy atom. The number of thiocarbonyl (C=S) groups is 1. The molecule has 0 amide bonds. The molecule has 0 radical (unpaired) electrons. The van der Waals surface area contributed by atoms with E-state index in [0.29, 0.717) is 17.7 Å². The van der Waals surface area contributed by atoms with Crippen LogP contribution in [0.2, 0.25) is 0 Å². The normalized spacial score (nSPS) is 20.4. The molecule has 0 bridgehead atoms. The van der Waals surface area contributed by atoms with Gasteiger partial charge in [-0.3, -0.25) is 0 Å². The van der Waals surface area contributed by atoms with Gasteiger partial charge in [0.05, 0.1) is 11.0 Å². The van der Waals surface area contributed by atoms with Crippen LogP contribution in [0.3, 0.4) is 0 Å². The zero-order chi connectivity index (χ0) is 15.6. The second kappa shape index (κ2) is 6.39. The van der Waals surface area contributed by atoms with Crippen LogP contribution in [0.25, 0.3) is 0 Å². The Labute approximate surface area is 130 Å². The maximum Gasteiger partial charge on any atom is 0.241 e. The van der Waals surface area contributed by atoms with E-state index in [4.69, 9.17) is 22.7 Å². The van der Waals surface area contributed by atoms with Crippen molar-refractivity contribution in [3.8, 4) is 0 Å². The van der Waals surface area contributed by atoms with Crippen LogP contribution in [0.5, 0.6) is 0 Å². The molecule has 21 heavy (non-hydrogen) atoms. The Hall–Kier alpha value is -1.02. The molecule has 116 valence electrons. The predicted octanol–water partition coefficient (Wildman–Crippen LogP) is 1.48. The van der Waals surface area contributed by atoms with Crippen molar-refractivity contribution in [1.82, 2.24) is 4.72 Å². The standard InChI is InChI=1S/C14H20N2O3S2/c1-9-8-11(14(15)20)5-6-13(9)21(17,18)16-10(2)12-4-3-7-19-12/h5-6,8,10,12,16H,3-4,7H2,1-2H3,(H2,15,20). The van der Waals surface area contributed by atoms with Gasteiger partial charge in [0.25, 0.3) is 0 Å². The van der Waals surface area contributed by atoms with Gasteiger partial charge in [0.1, 0.15) is 4.99 Å². The Morgan fingerprint density at radius 2 is 2.24 bits per heavy atom. The van der Waals surface area contributed by atoms with Gasteiger partial charge in [-0.05, 0) is 44.4 Å². The molecule has 1 aliphatic heterocycles. The molecule has 5 nitrogen and oxygen atoms in total. The van der Waals surface area contributed by atoms with Crippen molar-refractivity contribution in [2.75, 3.05) is 6.61 Å². The summed E-state index contributed by atoms with van der Waals surface area (Å²) in [6.45, 7) is 4.25. The molecule has 2 atom stereocenters. The van der Waals surface area contributed by atoms with Gasteiger partial charge >= 0.3 is 0 Å². The lowest BCUT2D eigenvalue weighted by Gasteiger charge is -2.20. The summed E-state index contributed by atoms with van der Waals surface area (Å²) in [4.78, 5) is 0.495. The van der Waals surface area contributed by atoms with Crippen LogP contribution >= 0.6 is 12.2 Å². The fourth-order valence-corrected chi connectivity index (χ4v) is 4.11. The van der Waals surface area contributed by atoms with Crippen LogP contribution in [0, 0.1) is 6.92 Å². The maximum atomic E-state index is 12.5. The number of nitrogens with two attached hydrogens (primary N) is 1. The smallest absolute Gasteiger partial charge is 0.241 e. The van der Waals surface area contributed by atoms with E-state index >= 15 is 0 Å². The van der Waals surface area contributed by atoms with Crippen molar-refractivity contribution in [1.29, 1.82) is 0 Å². The molecule has 1 aromatic rings. The molecule has 2 unspecified atom stereocenters. The summed E-state index contributed by atoms with van der Waals surface area (Å²) in [5.41, 5.74) is 6.83. The van der Waals surface area contributed by atoms with E-state index in [1.54, 1.807) is 19.1 Å². The van der Waals surface area contributed by atoms with Crippen LogP contribution in [0.4, 0.5) is 0 Å². The molecule has 0 aliphatic carbocycles. The first-order chi connectivity index (χ1) is 9.81. The highest BCUT2D eigenvalue weighted by Gasteiger charge is 2.27. The molecule has 0 aromatic heterocycles. The van der Waals surface area contributed by atoms with E-state index in [0.717, 1.165) is 12.8 Å². The zero-order valence-electron chi connectivity index (χ0n) is 12.1. The van der Waals surface area contributed by atoms with Crippen molar-refractivity contribution in [3.63, 3.8) is 0 Å². The molecule has 1 fully saturated rings. The number of ether oxygens (including phenoxy) is 1. The van der Waals surface area contributed by atoms with Gasteiger partial charge in [-0.15, -0.1) is 0 Å². The first kappa shape index (κ1) is 16.4. The van der Waals surface area contributed by atoms with Crippen molar-refractivity contribution in [2.45, 2.75) is 43.7 Å². The molecule has 1 heterocycles. The van der Waals surface area contributed by atoms with Crippen molar-refractivity contribution in [2.24, 2.45) is 5.73 Å². The number of aryl methyl sites for hydroxylation is 1. The second-order valence-corrected chi connectivity index (χ2v) is 7.43. The fraction of sp³-hybridized carbons (Fsp3) is 0.500. The largest absolute Gasteiger partial charge is 0.389 e. The highest BCUT2D eigenvalue weighted by molar-refractivity contribution is 7.89. The van der Waals surface area contributed by atoms with Crippen LogP contribution < -0.4 is 10.5 Å². The van der Waals surface area contributed by atoms with Crippen LogP contribution in [-0.2, 0) is 14.8 Å². The number of sulfonamides is 1.